The fourth-order valence-corrected chi connectivity index (χ4v) is 2.12. The molecular formula is C18H16FN3O4. The summed E-state index contributed by atoms with van der Waals surface area (Å²) >= 11 is 0. The number of aryl methyl sites for hydroxylation is 1. The molecule has 0 saturated carbocycles. The number of halogens is 1. The van der Waals surface area contributed by atoms with Gasteiger partial charge in [-0.05, 0) is 30.7 Å². The second-order valence-corrected chi connectivity index (χ2v) is 5.30. The van der Waals surface area contributed by atoms with Crippen molar-refractivity contribution in [1.29, 1.82) is 0 Å². The summed E-state index contributed by atoms with van der Waals surface area (Å²) in [6.07, 6.45) is 4.29. The smallest absolute Gasteiger partial charge is 0.344 e. The Morgan fingerprint density at radius 1 is 1.19 bits per heavy atom. The quantitative estimate of drug-likeness (QED) is 0.452. The van der Waals surface area contributed by atoms with Gasteiger partial charge in [-0.2, -0.15) is 4.98 Å². The number of para-hydroxylation sites is 1. The Morgan fingerprint density at radius 2 is 2.08 bits per heavy atom. The van der Waals surface area contributed by atoms with Crippen molar-refractivity contribution in [3.8, 4) is 17.1 Å². The summed E-state index contributed by atoms with van der Waals surface area (Å²) in [5.41, 5.74) is 0.763. The molecule has 2 aromatic heterocycles. The predicted octanol–water partition coefficient (Wildman–Crippen LogP) is 2.83. The molecule has 0 saturated heterocycles. The van der Waals surface area contributed by atoms with E-state index in [1.165, 1.54) is 18.2 Å². The van der Waals surface area contributed by atoms with E-state index in [0.29, 0.717) is 24.6 Å². The lowest BCUT2D eigenvalue weighted by atomic mass is 10.3. The van der Waals surface area contributed by atoms with Gasteiger partial charge in [0.05, 0.1) is 6.61 Å². The van der Waals surface area contributed by atoms with Gasteiger partial charge in [0, 0.05) is 24.4 Å². The molecule has 0 N–H and O–H groups in total. The largest absolute Gasteiger partial charge is 0.479 e. The number of esters is 1. The van der Waals surface area contributed by atoms with Crippen LogP contribution < -0.4 is 4.74 Å². The Morgan fingerprint density at radius 3 is 2.88 bits per heavy atom. The summed E-state index contributed by atoms with van der Waals surface area (Å²) in [7, 11) is 0. The second kappa shape index (κ2) is 8.70. The molecule has 2 heterocycles. The van der Waals surface area contributed by atoms with Crippen LogP contribution in [0.15, 0.2) is 53.3 Å². The SMILES string of the molecule is O=C(COc1ccccc1F)OCCCc1nc(-c2cccnc2)no1. The molecule has 0 unspecified atom stereocenters. The summed E-state index contributed by atoms with van der Waals surface area (Å²) in [5.74, 6) is -0.180. The highest BCUT2D eigenvalue weighted by molar-refractivity contribution is 5.71. The second-order valence-electron chi connectivity index (χ2n) is 5.30. The minimum atomic E-state index is -0.574. The van der Waals surface area contributed by atoms with Gasteiger partial charge in [-0.15, -0.1) is 0 Å². The Balaban J connectivity index is 1.37. The first-order valence-electron chi connectivity index (χ1n) is 7.98. The highest BCUT2D eigenvalue weighted by Gasteiger charge is 2.10. The maximum absolute atomic E-state index is 13.4. The number of benzene rings is 1. The number of nitrogens with zero attached hydrogens (tertiary/aromatic N) is 3. The first-order valence-corrected chi connectivity index (χ1v) is 7.98. The third-order valence-corrected chi connectivity index (χ3v) is 3.37. The van der Waals surface area contributed by atoms with Crippen molar-refractivity contribution in [1.82, 2.24) is 15.1 Å². The van der Waals surface area contributed by atoms with Crippen LogP contribution in [0, 0.1) is 5.82 Å². The normalized spacial score (nSPS) is 10.5. The number of hydrogen-bond donors (Lipinski definition) is 0. The molecule has 0 aliphatic carbocycles. The van der Waals surface area contributed by atoms with E-state index in [9.17, 15) is 9.18 Å². The van der Waals surface area contributed by atoms with E-state index in [2.05, 4.69) is 15.1 Å². The molecule has 0 aliphatic rings. The van der Waals surface area contributed by atoms with E-state index < -0.39 is 11.8 Å². The number of carbonyl (C=O) groups is 1. The molecule has 0 atom stereocenters. The molecule has 3 rings (SSSR count). The molecule has 0 radical (unpaired) electrons. The summed E-state index contributed by atoms with van der Waals surface area (Å²) in [6.45, 7) is -0.184. The average Bonchev–Trinajstić information content (AvgIpc) is 3.14. The van der Waals surface area contributed by atoms with E-state index in [-0.39, 0.29) is 19.0 Å². The third-order valence-electron chi connectivity index (χ3n) is 3.37. The number of carbonyl (C=O) groups excluding carboxylic acids is 1. The zero-order valence-corrected chi connectivity index (χ0v) is 13.8. The molecule has 8 heteroatoms. The molecule has 0 spiro atoms. The van der Waals surface area contributed by atoms with Crippen LogP contribution in [-0.4, -0.2) is 34.3 Å². The topological polar surface area (TPSA) is 87.3 Å². The monoisotopic (exact) mass is 357 g/mol. The molecule has 7 nitrogen and oxygen atoms in total. The van der Waals surface area contributed by atoms with Crippen molar-refractivity contribution >= 4 is 5.97 Å². The van der Waals surface area contributed by atoms with Crippen molar-refractivity contribution in [3.05, 3.63) is 60.5 Å². The molecule has 1 aromatic carbocycles. The van der Waals surface area contributed by atoms with Crippen molar-refractivity contribution in [2.24, 2.45) is 0 Å². The van der Waals surface area contributed by atoms with Crippen molar-refractivity contribution in [3.63, 3.8) is 0 Å². The van der Waals surface area contributed by atoms with Crippen LogP contribution in [0.25, 0.3) is 11.4 Å². The number of aromatic nitrogens is 3. The first-order chi connectivity index (χ1) is 12.7. The molecule has 0 amide bonds. The molecule has 0 bridgehead atoms. The van der Waals surface area contributed by atoms with E-state index >= 15 is 0 Å². The molecule has 26 heavy (non-hydrogen) atoms. The fourth-order valence-electron chi connectivity index (χ4n) is 2.12. The number of rotatable bonds is 8. The van der Waals surface area contributed by atoms with Crippen LogP contribution >= 0.6 is 0 Å². The Hall–Kier alpha value is -3.29. The van der Waals surface area contributed by atoms with Crippen LogP contribution in [0.4, 0.5) is 4.39 Å². The fraction of sp³-hybridized carbons (Fsp3) is 0.222. The van der Waals surface area contributed by atoms with Crippen molar-refractivity contribution < 1.29 is 23.2 Å². The highest BCUT2D eigenvalue weighted by Crippen LogP contribution is 2.15. The predicted molar refractivity (Wildman–Crippen MR) is 88.7 cm³/mol. The molecular weight excluding hydrogens is 341 g/mol. The summed E-state index contributed by atoms with van der Waals surface area (Å²) < 4.78 is 28.6. The maximum atomic E-state index is 13.4. The summed E-state index contributed by atoms with van der Waals surface area (Å²) in [4.78, 5) is 19.9. The zero-order chi connectivity index (χ0) is 18.2. The van der Waals surface area contributed by atoms with Gasteiger partial charge >= 0.3 is 5.97 Å². The van der Waals surface area contributed by atoms with Crippen LogP contribution in [0.2, 0.25) is 0 Å². The molecule has 134 valence electrons. The van der Waals surface area contributed by atoms with Gasteiger partial charge in [-0.1, -0.05) is 17.3 Å². The van der Waals surface area contributed by atoms with Crippen molar-refractivity contribution in [2.75, 3.05) is 13.2 Å². The van der Waals surface area contributed by atoms with Gasteiger partial charge in [0.2, 0.25) is 11.7 Å². The van der Waals surface area contributed by atoms with Gasteiger partial charge in [0.25, 0.3) is 0 Å². The Bertz CT molecular complexity index is 854. The van der Waals surface area contributed by atoms with E-state index in [4.69, 9.17) is 14.0 Å². The van der Waals surface area contributed by atoms with Crippen LogP contribution in [0.1, 0.15) is 12.3 Å². The third kappa shape index (κ3) is 4.85. The lowest BCUT2D eigenvalue weighted by Gasteiger charge is -2.07. The lowest BCUT2D eigenvalue weighted by Crippen LogP contribution is -2.16. The Kier molecular flexibility index (Phi) is 5.87. The van der Waals surface area contributed by atoms with Crippen LogP contribution in [-0.2, 0) is 16.0 Å². The zero-order valence-electron chi connectivity index (χ0n) is 13.8. The highest BCUT2D eigenvalue weighted by atomic mass is 19.1. The minimum Gasteiger partial charge on any atom is -0.479 e. The van der Waals surface area contributed by atoms with E-state index in [0.717, 1.165) is 5.56 Å². The maximum Gasteiger partial charge on any atom is 0.344 e. The van der Waals surface area contributed by atoms with Gasteiger partial charge in [0.15, 0.2) is 18.2 Å². The number of pyridine rings is 1. The van der Waals surface area contributed by atoms with Gasteiger partial charge in [-0.25, -0.2) is 9.18 Å². The standard InChI is InChI=1S/C18H16FN3O4/c19-14-6-1-2-7-15(14)25-12-17(23)24-10-4-8-16-21-18(22-26-16)13-5-3-9-20-11-13/h1-3,5-7,9,11H,4,8,10,12H2. The van der Waals surface area contributed by atoms with Gasteiger partial charge in [0.1, 0.15) is 0 Å². The first kappa shape index (κ1) is 17.5. The van der Waals surface area contributed by atoms with Gasteiger partial charge < -0.3 is 14.0 Å². The summed E-state index contributed by atoms with van der Waals surface area (Å²) in [6, 6.07) is 9.47. The minimum absolute atomic E-state index is 0.0123. The number of hydrogen-bond acceptors (Lipinski definition) is 7. The Labute approximate surface area is 148 Å². The molecule has 0 fully saturated rings. The number of ether oxygens (including phenoxy) is 2. The van der Waals surface area contributed by atoms with Crippen LogP contribution in [0.5, 0.6) is 5.75 Å². The average molecular weight is 357 g/mol. The summed E-state index contributed by atoms with van der Waals surface area (Å²) in [5, 5.41) is 3.88. The molecule has 0 aliphatic heterocycles. The van der Waals surface area contributed by atoms with Gasteiger partial charge in [-0.3, -0.25) is 4.98 Å². The van der Waals surface area contributed by atoms with E-state index in [1.807, 2.05) is 6.07 Å². The lowest BCUT2D eigenvalue weighted by molar-refractivity contribution is -0.146. The van der Waals surface area contributed by atoms with E-state index in [1.54, 1.807) is 24.5 Å². The van der Waals surface area contributed by atoms with Crippen LogP contribution in [0.3, 0.4) is 0 Å². The molecule has 3 aromatic rings. The van der Waals surface area contributed by atoms with Crippen molar-refractivity contribution in [2.45, 2.75) is 12.8 Å².